The van der Waals surface area contributed by atoms with Gasteiger partial charge in [-0.3, -0.25) is 10.3 Å². The van der Waals surface area contributed by atoms with Gasteiger partial charge in [-0.15, -0.1) is 0 Å². The second-order valence-corrected chi connectivity index (χ2v) is 11.4. The van der Waals surface area contributed by atoms with Crippen LogP contribution >= 0.6 is 0 Å². The summed E-state index contributed by atoms with van der Waals surface area (Å²) in [7, 11) is 0. The quantitative estimate of drug-likeness (QED) is 0.676. The van der Waals surface area contributed by atoms with E-state index in [4.69, 9.17) is 9.72 Å². The van der Waals surface area contributed by atoms with Gasteiger partial charge in [-0.05, 0) is 58.3 Å². The van der Waals surface area contributed by atoms with Crippen LogP contribution in [0.4, 0.5) is 5.82 Å². The Morgan fingerprint density at radius 2 is 1.91 bits per heavy atom. The molecule has 2 N–H and O–H groups in total. The molecule has 1 aromatic heterocycles. The van der Waals surface area contributed by atoms with Crippen LogP contribution < -0.4 is 15.8 Å². The Morgan fingerprint density at radius 3 is 2.66 bits per heavy atom. The van der Waals surface area contributed by atoms with Gasteiger partial charge in [0, 0.05) is 50.2 Å². The van der Waals surface area contributed by atoms with Gasteiger partial charge >= 0.3 is 0 Å². The van der Waals surface area contributed by atoms with E-state index in [0.29, 0.717) is 18.1 Å². The fourth-order valence-corrected chi connectivity index (χ4v) is 6.19. The molecule has 7 heteroatoms. The van der Waals surface area contributed by atoms with Crippen molar-refractivity contribution in [2.45, 2.75) is 95.0 Å². The highest BCUT2D eigenvalue weighted by molar-refractivity contribution is 5.40. The third-order valence-electron chi connectivity index (χ3n) is 8.73. The number of hydrogen-bond donors (Lipinski definition) is 2. The highest BCUT2D eigenvalue weighted by atomic mass is 16.5. The maximum Gasteiger partial charge on any atom is 0.132 e. The Balaban J connectivity index is 1.09. The van der Waals surface area contributed by atoms with E-state index in [9.17, 15) is 0 Å². The minimum Gasteiger partial charge on any atom is -0.372 e. The Bertz CT molecular complexity index is 803. The second-order valence-electron chi connectivity index (χ2n) is 11.4. The van der Waals surface area contributed by atoms with Crippen molar-refractivity contribution in [1.82, 2.24) is 25.7 Å². The van der Waals surface area contributed by atoms with E-state index >= 15 is 0 Å². The van der Waals surface area contributed by atoms with Crippen molar-refractivity contribution in [3.8, 4) is 0 Å². The molecule has 5 unspecified atom stereocenters. The van der Waals surface area contributed by atoms with Crippen LogP contribution in [0.15, 0.2) is 12.4 Å². The van der Waals surface area contributed by atoms with Crippen LogP contribution in [0.25, 0.3) is 0 Å². The predicted octanol–water partition coefficient (Wildman–Crippen LogP) is 3.04. The summed E-state index contributed by atoms with van der Waals surface area (Å²) in [4.78, 5) is 14.5. The SMILES string of the molecule is CC(CC1CC1)N1CCN(c2cc(C3NNC4CCC(OC5(C)CC5)CC43)ncn2)CC1. The molecule has 6 rings (SSSR count). The van der Waals surface area contributed by atoms with Crippen molar-refractivity contribution in [1.29, 1.82) is 0 Å². The molecule has 0 aromatic carbocycles. The summed E-state index contributed by atoms with van der Waals surface area (Å²) < 4.78 is 6.46. The van der Waals surface area contributed by atoms with Gasteiger partial charge in [0.05, 0.1) is 23.4 Å². The molecule has 32 heavy (non-hydrogen) atoms. The zero-order valence-electron chi connectivity index (χ0n) is 19.8. The Hall–Kier alpha value is -1.28. The number of ether oxygens (including phenoxy) is 1. The highest BCUT2D eigenvalue weighted by Crippen LogP contribution is 2.45. The summed E-state index contributed by atoms with van der Waals surface area (Å²) in [6, 6.07) is 3.70. The fourth-order valence-electron chi connectivity index (χ4n) is 6.19. The number of fused-ring (bicyclic) bond motifs is 1. The van der Waals surface area contributed by atoms with Crippen LogP contribution in [0.3, 0.4) is 0 Å². The van der Waals surface area contributed by atoms with Crippen molar-refractivity contribution >= 4 is 5.82 Å². The summed E-state index contributed by atoms with van der Waals surface area (Å²) in [6.45, 7) is 9.07. The third-order valence-corrected chi connectivity index (χ3v) is 8.73. The van der Waals surface area contributed by atoms with Crippen LogP contribution in [-0.4, -0.2) is 64.8 Å². The fraction of sp³-hybridized carbons (Fsp3) is 0.840. The molecule has 5 aliphatic rings. The van der Waals surface area contributed by atoms with Gasteiger partial charge in [0.2, 0.25) is 0 Å². The molecule has 3 heterocycles. The summed E-state index contributed by atoms with van der Waals surface area (Å²) in [5.41, 5.74) is 8.41. The van der Waals surface area contributed by atoms with Crippen molar-refractivity contribution in [3.63, 3.8) is 0 Å². The predicted molar refractivity (Wildman–Crippen MR) is 125 cm³/mol. The molecular formula is C25H40N6O. The molecule has 176 valence electrons. The number of hydrazine groups is 1. The van der Waals surface area contributed by atoms with Crippen LogP contribution in [-0.2, 0) is 4.74 Å². The molecule has 3 aliphatic carbocycles. The molecule has 5 atom stereocenters. The van der Waals surface area contributed by atoms with E-state index in [-0.39, 0.29) is 11.6 Å². The first-order valence-electron chi connectivity index (χ1n) is 13.1. The molecule has 5 fully saturated rings. The minimum absolute atomic E-state index is 0.160. The Morgan fingerprint density at radius 1 is 1.09 bits per heavy atom. The number of nitrogens with zero attached hydrogens (tertiary/aromatic N) is 4. The first kappa shape index (κ1) is 21.3. The lowest BCUT2D eigenvalue weighted by Crippen LogP contribution is -2.50. The van der Waals surface area contributed by atoms with Gasteiger partial charge in [-0.25, -0.2) is 15.4 Å². The highest BCUT2D eigenvalue weighted by Gasteiger charge is 2.46. The monoisotopic (exact) mass is 440 g/mol. The first-order chi connectivity index (χ1) is 15.6. The molecule has 3 saturated carbocycles. The van der Waals surface area contributed by atoms with Gasteiger partial charge in [-0.1, -0.05) is 12.8 Å². The molecule has 0 amide bonds. The van der Waals surface area contributed by atoms with E-state index in [0.717, 1.165) is 62.5 Å². The molecule has 2 aliphatic heterocycles. The minimum atomic E-state index is 0.160. The number of aromatic nitrogens is 2. The smallest absolute Gasteiger partial charge is 0.132 e. The number of hydrogen-bond acceptors (Lipinski definition) is 7. The van der Waals surface area contributed by atoms with Gasteiger partial charge in [0.15, 0.2) is 0 Å². The van der Waals surface area contributed by atoms with Gasteiger partial charge in [0.1, 0.15) is 12.1 Å². The first-order valence-corrected chi connectivity index (χ1v) is 13.1. The van der Waals surface area contributed by atoms with E-state index in [1.807, 2.05) is 0 Å². The van der Waals surface area contributed by atoms with Crippen molar-refractivity contribution in [2.24, 2.45) is 11.8 Å². The summed E-state index contributed by atoms with van der Waals surface area (Å²) >= 11 is 0. The molecule has 2 saturated heterocycles. The standard InChI is InChI=1S/C25H40N6O/c1-17(13-18-3-4-18)30-9-11-31(12-10-30)23-15-22(26-16-27-23)24-20-14-19(32-25(2)7-8-25)5-6-21(20)28-29-24/h15-21,24,28-29H,3-14H2,1-2H3. The maximum absolute atomic E-state index is 6.46. The second kappa shape index (κ2) is 8.49. The lowest BCUT2D eigenvalue weighted by molar-refractivity contribution is -0.0500. The van der Waals surface area contributed by atoms with E-state index < -0.39 is 0 Å². The van der Waals surface area contributed by atoms with Gasteiger partial charge in [0.25, 0.3) is 0 Å². The third kappa shape index (κ3) is 4.54. The van der Waals surface area contributed by atoms with E-state index in [1.54, 1.807) is 6.33 Å². The van der Waals surface area contributed by atoms with Crippen molar-refractivity contribution in [2.75, 3.05) is 31.1 Å². The molecule has 1 aromatic rings. The zero-order valence-corrected chi connectivity index (χ0v) is 19.8. The largest absolute Gasteiger partial charge is 0.372 e. The summed E-state index contributed by atoms with van der Waals surface area (Å²) in [5.74, 6) is 2.61. The van der Waals surface area contributed by atoms with Gasteiger partial charge < -0.3 is 9.64 Å². The Labute approximate surface area is 192 Å². The average molecular weight is 441 g/mol. The van der Waals surface area contributed by atoms with Crippen LogP contribution in [0.2, 0.25) is 0 Å². The topological polar surface area (TPSA) is 65.5 Å². The van der Waals surface area contributed by atoms with Crippen molar-refractivity contribution in [3.05, 3.63) is 18.1 Å². The molecule has 7 nitrogen and oxygen atoms in total. The molecular weight excluding hydrogens is 400 g/mol. The number of piperazine rings is 1. The number of rotatable bonds is 7. The number of nitrogens with one attached hydrogen (secondary N) is 2. The molecule has 0 radical (unpaired) electrons. The normalized spacial score (nSPS) is 35.5. The van der Waals surface area contributed by atoms with E-state index in [2.05, 4.69) is 45.5 Å². The maximum atomic E-state index is 6.46. The summed E-state index contributed by atoms with van der Waals surface area (Å²) in [5, 5.41) is 0. The van der Waals surface area contributed by atoms with Gasteiger partial charge in [-0.2, -0.15) is 0 Å². The lowest BCUT2D eigenvalue weighted by atomic mass is 9.79. The molecule has 0 spiro atoms. The lowest BCUT2D eigenvalue weighted by Gasteiger charge is -2.39. The molecule has 0 bridgehead atoms. The van der Waals surface area contributed by atoms with E-state index in [1.165, 1.54) is 38.5 Å². The van der Waals surface area contributed by atoms with Crippen LogP contribution in [0.1, 0.15) is 76.9 Å². The Kier molecular flexibility index (Phi) is 5.65. The van der Waals surface area contributed by atoms with Crippen molar-refractivity contribution < 1.29 is 4.74 Å². The van der Waals surface area contributed by atoms with Crippen LogP contribution in [0, 0.1) is 11.8 Å². The summed E-state index contributed by atoms with van der Waals surface area (Å²) in [6.07, 6.45) is 12.3. The van der Waals surface area contributed by atoms with Crippen LogP contribution in [0.5, 0.6) is 0 Å². The number of anilines is 1. The average Bonchev–Trinajstić information content (AvgIpc) is 3.73. The zero-order chi connectivity index (χ0) is 21.7.